The molecule has 110 valence electrons. The first kappa shape index (κ1) is 14.5. The molecule has 2 rings (SSSR count). The molecular weight excluding hydrogens is 291 g/mol. The highest BCUT2D eigenvalue weighted by Gasteiger charge is 2.35. The van der Waals surface area contributed by atoms with Crippen molar-refractivity contribution in [3.8, 4) is 11.3 Å². The van der Waals surface area contributed by atoms with Crippen LogP contribution in [0.1, 0.15) is 5.82 Å². The van der Waals surface area contributed by atoms with Crippen molar-refractivity contribution >= 4 is 17.6 Å². The molecule has 0 saturated carbocycles. The summed E-state index contributed by atoms with van der Waals surface area (Å²) in [6.07, 6.45) is -3.80. The van der Waals surface area contributed by atoms with Crippen LogP contribution < -0.4 is 11.1 Å². The van der Waals surface area contributed by atoms with Gasteiger partial charge in [0.05, 0.1) is 17.6 Å². The van der Waals surface area contributed by atoms with Crippen LogP contribution in [-0.4, -0.2) is 26.2 Å². The Bertz CT molecular complexity index is 690. The molecule has 0 bridgehead atoms. The third kappa shape index (κ3) is 3.35. The van der Waals surface area contributed by atoms with Crippen molar-refractivity contribution in [3.63, 3.8) is 0 Å². The van der Waals surface area contributed by atoms with Gasteiger partial charge >= 0.3 is 12.3 Å². The summed E-state index contributed by atoms with van der Waals surface area (Å²) in [4.78, 5) is 20.8. The molecule has 4 N–H and O–H groups in total. The van der Waals surface area contributed by atoms with Crippen LogP contribution in [0.4, 0.5) is 29.5 Å². The maximum atomic E-state index is 12.8. The monoisotopic (exact) mass is 299 g/mol. The number of rotatable bonds is 2. The van der Waals surface area contributed by atoms with Gasteiger partial charge in [-0.1, -0.05) is 0 Å². The van der Waals surface area contributed by atoms with E-state index in [2.05, 4.69) is 15.0 Å². The van der Waals surface area contributed by atoms with E-state index >= 15 is 0 Å². The number of nitrogen functional groups attached to an aromatic ring is 1. The molecule has 1 amide bonds. The normalized spacial score (nSPS) is 11.2. The van der Waals surface area contributed by atoms with E-state index in [4.69, 9.17) is 10.8 Å². The minimum absolute atomic E-state index is 0.102. The highest BCUT2D eigenvalue weighted by molar-refractivity contribution is 5.83. The first-order valence-corrected chi connectivity index (χ1v) is 5.43. The van der Waals surface area contributed by atoms with E-state index in [9.17, 15) is 18.0 Å². The van der Waals surface area contributed by atoms with Gasteiger partial charge in [0.2, 0.25) is 5.82 Å². The summed E-state index contributed by atoms with van der Waals surface area (Å²) in [5.74, 6) is -1.98. The summed E-state index contributed by atoms with van der Waals surface area (Å²) >= 11 is 0. The standard InChI is InChI=1S/C11H8F3N5O2/c12-11(13,14)9-17-7(3-8(18-9)19-10(20)21)5-1-2-16-4-6(5)15/h1-4H,15H2,(H,20,21)(H,17,18,19). The third-order valence-corrected chi connectivity index (χ3v) is 2.34. The van der Waals surface area contributed by atoms with Crippen LogP contribution in [0.15, 0.2) is 24.5 Å². The number of aromatic nitrogens is 3. The van der Waals surface area contributed by atoms with Crippen molar-refractivity contribution < 1.29 is 23.1 Å². The Morgan fingerprint density at radius 3 is 2.62 bits per heavy atom. The summed E-state index contributed by atoms with van der Waals surface area (Å²) in [6, 6.07) is 2.41. The van der Waals surface area contributed by atoms with Crippen molar-refractivity contribution in [1.82, 2.24) is 15.0 Å². The van der Waals surface area contributed by atoms with Crippen LogP contribution in [0.2, 0.25) is 0 Å². The second-order valence-electron chi connectivity index (χ2n) is 3.85. The van der Waals surface area contributed by atoms with Gasteiger partial charge in [0.25, 0.3) is 0 Å². The number of alkyl halides is 3. The van der Waals surface area contributed by atoms with Gasteiger partial charge in [0.15, 0.2) is 0 Å². The van der Waals surface area contributed by atoms with Crippen molar-refractivity contribution in [3.05, 3.63) is 30.4 Å². The Balaban J connectivity index is 2.60. The maximum absolute atomic E-state index is 12.8. The molecule has 0 aliphatic heterocycles. The Hall–Kier alpha value is -2.91. The van der Waals surface area contributed by atoms with E-state index in [1.165, 1.54) is 18.5 Å². The zero-order valence-corrected chi connectivity index (χ0v) is 10.2. The molecule has 0 aliphatic rings. The Morgan fingerprint density at radius 2 is 2.05 bits per heavy atom. The molecule has 0 unspecified atom stereocenters. The fourth-order valence-electron chi connectivity index (χ4n) is 1.53. The second-order valence-corrected chi connectivity index (χ2v) is 3.85. The Labute approximate surface area is 115 Å². The number of carboxylic acid groups (broad SMARTS) is 1. The number of halogens is 3. The molecule has 0 fully saturated rings. The SMILES string of the molecule is Nc1cnccc1-c1cc(NC(=O)O)nc(C(F)(F)F)n1. The summed E-state index contributed by atoms with van der Waals surface area (Å²) in [7, 11) is 0. The fraction of sp³-hybridized carbons (Fsp3) is 0.0909. The molecule has 0 aliphatic carbocycles. The summed E-state index contributed by atoms with van der Waals surface area (Å²) in [6.45, 7) is 0. The number of anilines is 2. The number of nitrogens with one attached hydrogen (secondary N) is 1. The molecule has 0 atom stereocenters. The number of carbonyl (C=O) groups is 1. The molecule has 2 aromatic rings. The van der Waals surface area contributed by atoms with Crippen LogP contribution in [0, 0.1) is 0 Å². The molecule has 0 radical (unpaired) electrons. The third-order valence-electron chi connectivity index (χ3n) is 2.34. The first-order chi connectivity index (χ1) is 9.77. The number of amides is 1. The smallest absolute Gasteiger partial charge is 0.451 e. The van der Waals surface area contributed by atoms with Gasteiger partial charge in [-0.3, -0.25) is 10.3 Å². The van der Waals surface area contributed by atoms with Crippen LogP contribution in [0.25, 0.3) is 11.3 Å². The lowest BCUT2D eigenvalue weighted by atomic mass is 10.1. The maximum Gasteiger partial charge on any atom is 0.451 e. The lowest BCUT2D eigenvalue weighted by molar-refractivity contribution is -0.144. The van der Waals surface area contributed by atoms with E-state index in [0.29, 0.717) is 0 Å². The predicted molar refractivity (Wildman–Crippen MR) is 66.3 cm³/mol. The molecule has 2 heterocycles. The van der Waals surface area contributed by atoms with E-state index < -0.39 is 23.9 Å². The summed E-state index contributed by atoms with van der Waals surface area (Å²) in [5.41, 5.74) is 5.75. The van der Waals surface area contributed by atoms with E-state index in [0.717, 1.165) is 6.07 Å². The topological polar surface area (TPSA) is 114 Å². The number of hydrogen-bond acceptors (Lipinski definition) is 5. The van der Waals surface area contributed by atoms with Gasteiger partial charge < -0.3 is 10.8 Å². The van der Waals surface area contributed by atoms with Crippen LogP contribution >= 0.6 is 0 Å². The predicted octanol–water partition coefficient (Wildman–Crippen LogP) is 2.23. The molecule has 0 aromatic carbocycles. The molecule has 21 heavy (non-hydrogen) atoms. The highest BCUT2D eigenvalue weighted by atomic mass is 19.4. The van der Waals surface area contributed by atoms with Gasteiger partial charge in [-0.2, -0.15) is 13.2 Å². The number of nitrogens with two attached hydrogens (primary N) is 1. The molecular formula is C11H8F3N5O2. The Morgan fingerprint density at radius 1 is 1.33 bits per heavy atom. The minimum Gasteiger partial charge on any atom is -0.465 e. The molecule has 0 saturated heterocycles. The van der Waals surface area contributed by atoms with Gasteiger partial charge in [0, 0.05) is 17.8 Å². The number of nitrogens with zero attached hydrogens (tertiary/aromatic N) is 3. The van der Waals surface area contributed by atoms with E-state index in [1.807, 2.05) is 0 Å². The van der Waals surface area contributed by atoms with Crippen molar-refractivity contribution in [1.29, 1.82) is 0 Å². The van der Waals surface area contributed by atoms with Gasteiger partial charge in [-0.25, -0.2) is 14.8 Å². The molecule has 0 spiro atoms. The second kappa shape index (κ2) is 5.23. The number of pyridine rings is 1. The van der Waals surface area contributed by atoms with E-state index in [1.54, 1.807) is 5.32 Å². The average Bonchev–Trinajstić information content (AvgIpc) is 2.37. The van der Waals surface area contributed by atoms with Gasteiger partial charge in [-0.15, -0.1) is 0 Å². The minimum atomic E-state index is -4.83. The van der Waals surface area contributed by atoms with Gasteiger partial charge in [0.1, 0.15) is 5.82 Å². The van der Waals surface area contributed by atoms with Crippen molar-refractivity contribution in [2.75, 3.05) is 11.1 Å². The average molecular weight is 299 g/mol. The lowest BCUT2D eigenvalue weighted by Gasteiger charge is -2.11. The van der Waals surface area contributed by atoms with Crippen molar-refractivity contribution in [2.24, 2.45) is 0 Å². The quantitative estimate of drug-likeness (QED) is 0.783. The van der Waals surface area contributed by atoms with Crippen LogP contribution in [0.3, 0.4) is 0 Å². The summed E-state index contributed by atoms with van der Waals surface area (Å²) < 4.78 is 38.3. The summed E-state index contributed by atoms with van der Waals surface area (Å²) in [5, 5.41) is 10.3. The molecule has 2 aromatic heterocycles. The Kier molecular flexibility index (Phi) is 3.61. The largest absolute Gasteiger partial charge is 0.465 e. The van der Waals surface area contributed by atoms with Gasteiger partial charge in [-0.05, 0) is 6.07 Å². The zero-order valence-electron chi connectivity index (χ0n) is 10.2. The molecule has 10 heteroatoms. The number of hydrogen-bond donors (Lipinski definition) is 3. The first-order valence-electron chi connectivity index (χ1n) is 5.43. The van der Waals surface area contributed by atoms with Crippen LogP contribution in [-0.2, 0) is 6.18 Å². The van der Waals surface area contributed by atoms with Crippen LogP contribution in [0.5, 0.6) is 0 Å². The zero-order chi connectivity index (χ0) is 15.6. The highest BCUT2D eigenvalue weighted by Crippen LogP contribution is 2.31. The fourth-order valence-corrected chi connectivity index (χ4v) is 1.53. The molecule has 7 nitrogen and oxygen atoms in total. The van der Waals surface area contributed by atoms with Crippen molar-refractivity contribution in [2.45, 2.75) is 6.18 Å². The van der Waals surface area contributed by atoms with E-state index in [-0.39, 0.29) is 16.9 Å². The lowest BCUT2D eigenvalue weighted by Crippen LogP contribution is -2.16.